The summed E-state index contributed by atoms with van der Waals surface area (Å²) in [6.07, 6.45) is 2.22. The molecule has 2 aromatic carbocycles. The first-order valence-electron chi connectivity index (χ1n) is 11.5. The van der Waals surface area contributed by atoms with Crippen molar-refractivity contribution in [3.63, 3.8) is 0 Å². The molecule has 0 saturated carbocycles. The van der Waals surface area contributed by atoms with E-state index in [0.717, 1.165) is 12.5 Å². The molecule has 0 radical (unpaired) electrons. The Labute approximate surface area is 215 Å². The Morgan fingerprint density at radius 2 is 1.59 bits per heavy atom. The van der Waals surface area contributed by atoms with E-state index in [1.165, 1.54) is 24.3 Å². The van der Waals surface area contributed by atoms with Crippen LogP contribution in [0.1, 0.15) is 37.5 Å². The van der Waals surface area contributed by atoms with Crippen LogP contribution in [0.15, 0.2) is 42.5 Å². The van der Waals surface area contributed by atoms with Gasteiger partial charge >= 0.3 is 15.2 Å². The Bertz CT molecular complexity index is 1340. The van der Waals surface area contributed by atoms with E-state index in [9.17, 15) is 33.2 Å². The molecule has 0 fully saturated rings. The first-order valence-corrected chi connectivity index (χ1v) is 16.5. The van der Waals surface area contributed by atoms with E-state index in [1.807, 2.05) is 6.07 Å². The lowest BCUT2D eigenvalue weighted by Gasteiger charge is -2.30. The minimum absolute atomic E-state index is 0.203. The van der Waals surface area contributed by atoms with Crippen molar-refractivity contribution in [2.75, 3.05) is 24.7 Å². The molecule has 11 nitrogen and oxygen atoms in total. The van der Waals surface area contributed by atoms with E-state index in [0.29, 0.717) is 28.8 Å². The van der Waals surface area contributed by atoms with Gasteiger partial charge in [0, 0.05) is 22.1 Å². The Morgan fingerprint density at radius 3 is 2.14 bits per heavy atom. The summed E-state index contributed by atoms with van der Waals surface area (Å²) in [5.41, 5.74) is 8.54. The molecule has 1 aliphatic rings. The zero-order valence-electron chi connectivity index (χ0n) is 20.7. The van der Waals surface area contributed by atoms with Gasteiger partial charge in [0.15, 0.2) is 5.02 Å². The van der Waals surface area contributed by atoms with Gasteiger partial charge in [0.2, 0.25) is 0 Å². The van der Waals surface area contributed by atoms with Gasteiger partial charge in [-0.25, -0.2) is 0 Å². The molecular formula is C23H31N2O9P3. The zero-order valence-corrected chi connectivity index (χ0v) is 23.3. The van der Waals surface area contributed by atoms with E-state index in [1.54, 1.807) is 32.1 Å². The molecule has 14 heteroatoms. The predicted octanol–water partition coefficient (Wildman–Crippen LogP) is 3.69. The number of carbonyl (C=O) groups is 1. The summed E-state index contributed by atoms with van der Waals surface area (Å²) in [4.78, 5) is 41.9. The second kappa shape index (κ2) is 11.1. The van der Waals surface area contributed by atoms with Crippen molar-refractivity contribution in [2.24, 2.45) is 5.73 Å². The maximum absolute atomic E-state index is 12.8. The third-order valence-corrected chi connectivity index (χ3v) is 13.0. The van der Waals surface area contributed by atoms with Crippen LogP contribution in [-0.2, 0) is 34.0 Å². The minimum Gasteiger partial charge on any atom is -0.339 e. The summed E-state index contributed by atoms with van der Waals surface area (Å²) < 4.78 is 47.8. The van der Waals surface area contributed by atoms with Gasteiger partial charge in [-0.2, -0.15) is 0 Å². The van der Waals surface area contributed by atoms with Crippen LogP contribution in [-0.4, -0.2) is 45.0 Å². The molecule has 37 heavy (non-hydrogen) atoms. The number of aryl methyl sites for hydroxylation is 1. The van der Waals surface area contributed by atoms with Gasteiger partial charge in [-0.1, -0.05) is 24.3 Å². The van der Waals surface area contributed by atoms with Crippen LogP contribution in [0.25, 0.3) is 11.6 Å². The summed E-state index contributed by atoms with van der Waals surface area (Å²) in [6.45, 7) is 4.89. The van der Waals surface area contributed by atoms with E-state index < -0.39 is 27.6 Å². The molecule has 2 aromatic rings. The van der Waals surface area contributed by atoms with Crippen LogP contribution in [0, 0.1) is 0 Å². The molecule has 2 atom stereocenters. The lowest BCUT2D eigenvalue weighted by atomic mass is 10.0. The highest BCUT2D eigenvalue weighted by Crippen LogP contribution is 2.66. The fraction of sp³-hybridized carbons (Fsp3) is 0.348. The summed E-state index contributed by atoms with van der Waals surface area (Å²) in [6, 6.07) is 10.8. The summed E-state index contributed by atoms with van der Waals surface area (Å²) in [7, 11) is -12.9. The molecule has 2 unspecified atom stereocenters. The van der Waals surface area contributed by atoms with Gasteiger partial charge in [-0.15, -0.1) is 0 Å². The number of fused-ring (bicyclic) bond motifs is 1. The quantitative estimate of drug-likeness (QED) is 0.196. The average molecular weight is 572 g/mol. The number of anilines is 1. The summed E-state index contributed by atoms with van der Waals surface area (Å²) in [5, 5.41) is -0.0724. The van der Waals surface area contributed by atoms with E-state index in [-0.39, 0.29) is 30.6 Å². The van der Waals surface area contributed by atoms with Crippen molar-refractivity contribution in [3.8, 4) is 0 Å². The molecule has 202 valence electrons. The third-order valence-electron chi connectivity index (χ3n) is 5.95. The first-order chi connectivity index (χ1) is 17.1. The molecular weight excluding hydrogens is 541 g/mol. The van der Waals surface area contributed by atoms with Crippen LogP contribution >= 0.6 is 22.6 Å². The van der Waals surface area contributed by atoms with Gasteiger partial charge in [-0.05, 0) is 62.6 Å². The molecule has 0 aliphatic carbocycles. The molecule has 0 spiro atoms. The second-order valence-corrected chi connectivity index (χ2v) is 15.8. The van der Waals surface area contributed by atoms with Crippen molar-refractivity contribution in [1.82, 2.24) is 0 Å². The highest BCUT2D eigenvalue weighted by atomic mass is 31.2. The third kappa shape index (κ3) is 6.23. The normalized spacial score (nSPS) is 18.2. The second-order valence-electron chi connectivity index (χ2n) is 8.62. The smallest absolute Gasteiger partial charge is 0.339 e. The number of hydrogen-bond acceptors (Lipinski definition) is 7. The number of rotatable bonds is 11. The van der Waals surface area contributed by atoms with Gasteiger partial charge in [0.1, 0.15) is 0 Å². The number of nitrogens with one attached hydrogen (secondary N) is 1. The summed E-state index contributed by atoms with van der Waals surface area (Å²) >= 11 is 0. The van der Waals surface area contributed by atoms with E-state index >= 15 is 0 Å². The van der Waals surface area contributed by atoms with Gasteiger partial charge in [-0.3, -0.25) is 18.5 Å². The topological polar surface area (TPSA) is 185 Å². The SMILES string of the molecule is CCOP(=O)(CCc1ccc2c(c1)NC(=O)/C2=C\c1ccc(P(=O)(O)C(C)(N)P(=O)(O)O)cc1)OCC. The maximum atomic E-state index is 12.8. The molecule has 1 amide bonds. The van der Waals surface area contributed by atoms with Crippen LogP contribution in [0.4, 0.5) is 5.69 Å². The Morgan fingerprint density at radius 1 is 1.00 bits per heavy atom. The molecule has 0 aromatic heterocycles. The molecule has 6 N–H and O–H groups in total. The Balaban J connectivity index is 1.83. The van der Waals surface area contributed by atoms with Crippen LogP contribution in [0.5, 0.6) is 0 Å². The first kappa shape index (κ1) is 29.7. The van der Waals surface area contributed by atoms with Gasteiger partial charge < -0.3 is 34.8 Å². The highest BCUT2D eigenvalue weighted by Gasteiger charge is 2.54. The number of nitrogens with two attached hydrogens (primary N) is 1. The van der Waals surface area contributed by atoms with Crippen LogP contribution in [0.2, 0.25) is 0 Å². The summed E-state index contributed by atoms with van der Waals surface area (Å²) in [5.74, 6) is -0.339. The van der Waals surface area contributed by atoms with Crippen LogP contribution in [0.3, 0.4) is 0 Å². The van der Waals surface area contributed by atoms with Gasteiger partial charge in [0.05, 0.1) is 19.4 Å². The van der Waals surface area contributed by atoms with Crippen LogP contribution < -0.4 is 16.4 Å². The van der Waals surface area contributed by atoms with Crippen molar-refractivity contribution in [1.29, 1.82) is 0 Å². The van der Waals surface area contributed by atoms with Crippen molar-refractivity contribution >= 4 is 51.1 Å². The average Bonchev–Trinajstić information content (AvgIpc) is 3.12. The minimum atomic E-state index is -5.09. The fourth-order valence-electron chi connectivity index (χ4n) is 3.74. The standard InChI is InChI=1S/C23H31N2O9P3/c1-4-33-35(27,34-5-2)13-12-17-8-11-19-20(22(26)25-21(19)15-17)14-16-6-9-18(10-7-16)36(28,29)23(3,24)37(30,31)32/h6-11,14-15H,4-5,12-13,24H2,1-3H3,(H,25,26)(H,28,29)(H2,30,31,32)/b20-14-. The van der Waals surface area contributed by atoms with Crippen molar-refractivity contribution < 1.29 is 42.2 Å². The van der Waals surface area contributed by atoms with Crippen molar-refractivity contribution in [2.45, 2.75) is 32.2 Å². The van der Waals surface area contributed by atoms with E-state index in [2.05, 4.69) is 5.32 Å². The van der Waals surface area contributed by atoms with E-state index in [4.69, 9.17) is 14.8 Å². The largest absolute Gasteiger partial charge is 0.355 e. The molecule has 3 rings (SSSR count). The fourth-order valence-corrected chi connectivity index (χ4v) is 8.23. The number of carbonyl (C=O) groups excluding carboxylic acids is 1. The predicted molar refractivity (Wildman–Crippen MR) is 143 cm³/mol. The zero-order chi connectivity index (χ0) is 27.6. The van der Waals surface area contributed by atoms with Crippen molar-refractivity contribution in [3.05, 3.63) is 59.2 Å². The lowest BCUT2D eigenvalue weighted by molar-refractivity contribution is -0.110. The number of hydrogen-bond donors (Lipinski definition) is 5. The van der Waals surface area contributed by atoms with Gasteiger partial charge in [0.25, 0.3) is 13.3 Å². The highest BCUT2D eigenvalue weighted by molar-refractivity contribution is 7.79. The molecule has 0 saturated heterocycles. The monoisotopic (exact) mass is 572 g/mol. The Kier molecular flexibility index (Phi) is 8.87. The molecule has 1 heterocycles. The molecule has 0 bridgehead atoms. The number of amides is 1. The maximum Gasteiger partial charge on any atom is 0.355 e. The number of benzene rings is 2. The molecule has 1 aliphatic heterocycles. The lowest BCUT2D eigenvalue weighted by Crippen LogP contribution is -2.39. The Hall–Kier alpha value is -1.90.